The Morgan fingerprint density at radius 1 is 1.17 bits per heavy atom. The monoisotopic (exact) mass is 266 g/mol. The summed E-state index contributed by atoms with van der Waals surface area (Å²) >= 11 is 1.91. The highest BCUT2D eigenvalue weighted by molar-refractivity contribution is 7.98. The Morgan fingerprint density at radius 2 is 1.78 bits per heavy atom. The molecule has 102 valence electrons. The predicted molar refractivity (Wildman–Crippen MR) is 84.5 cm³/mol. The van der Waals surface area contributed by atoms with Crippen LogP contribution in [0.5, 0.6) is 0 Å². The summed E-state index contributed by atoms with van der Waals surface area (Å²) in [5.41, 5.74) is 8.55. The van der Waals surface area contributed by atoms with Crippen LogP contribution in [0.15, 0.2) is 24.3 Å². The van der Waals surface area contributed by atoms with Crippen molar-refractivity contribution in [3.05, 3.63) is 29.8 Å². The minimum Gasteiger partial charge on any atom is -0.371 e. The fraction of sp³-hybridized carbons (Fsp3) is 0.600. The summed E-state index contributed by atoms with van der Waals surface area (Å²) < 4.78 is 0. The van der Waals surface area contributed by atoms with Gasteiger partial charge in [-0.2, -0.15) is 11.8 Å². The summed E-state index contributed by atoms with van der Waals surface area (Å²) in [6.07, 6.45) is 4.33. The number of hydrogen-bond acceptors (Lipinski definition) is 3. The molecule has 0 heterocycles. The van der Waals surface area contributed by atoms with E-state index < -0.39 is 0 Å². The lowest BCUT2D eigenvalue weighted by molar-refractivity contribution is 0.671. The zero-order chi connectivity index (χ0) is 13.5. The van der Waals surface area contributed by atoms with Crippen molar-refractivity contribution in [2.45, 2.75) is 38.8 Å². The molecule has 0 radical (unpaired) electrons. The molecule has 2 atom stereocenters. The van der Waals surface area contributed by atoms with Crippen LogP contribution < -0.4 is 10.6 Å². The molecule has 1 aromatic rings. The van der Waals surface area contributed by atoms with E-state index in [0.29, 0.717) is 6.04 Å². The second-order valence-corrected chi connectivity index (χ2v) is 5.65. The van der Waals surface area contributed by atoms with Gasteiger partial charge < -0.3 is 10.6 Å². The van der Waals surface area contributed by atoms with Crippen LogP contribution in [0.25, 0.3) is 0 Å². The zero-order valence-electron chi connectivity index (χ0n) is 12.0. The first-order valence-electron chi connectivity index (χ1n) is 6.71. The molecule has 18 heavy (non-hydrogen) atoms. The van der Waals surface area contributed by atoms with Crippen LogP contribution in [-0.4, -0.2) is 25.1 Å². The number of anilines is 1. The number of benzene rings is 1. The van der Waals surface area contributed by atoms with Gasteiger partial charge in [0.1, 0.15) is 0 Å². The molecule has 0 fully saturated rings. The van der Waals surface area contributed by atoms with Crippen molar-refractivity contribution in [3.8, 4) is 0 Å². The van der Waals surface area contributed by atoms with E-state index in [4.69, 9.17) is 5.73 Å². The van der Waals surface area contributed by atoms with Crippen LogP contribution in [0.2, 0.25) is 0 Å². The van der Waals surface area contributed by atoms with Crippen LogP contribution >= 0.6 is 11.8 Å². The van der Waals surface area contributed by atoms with Crippen LogP contribution in [0.4, 0.5) is 5.69 Å². The molecule has 0 saturated heterocycles. The first kappa shape index (κ1) is 15.4. The Labute approximate surface area is 116 Å². The van der Waals surface area contributed by atoms with E-state index in [1.807, 2.05) is 11.8 Å². The van der Waals surface area contributed by atoms with E-state index in [1.54, 1.807) is 0 Å². The van der Waals surface area contributed by atoms with Gasteiger partial charge in [-0.3, -0.25) is 0 Å². The second kappa shape index (κ2) is 7.70. The summed E-state index contributed by atoms with van der Waals surface area (Å²) in [4.78, 5) is 2.37. The van der Waals surface area contributed by atoms with Crippen molar-refractivity contribution in [3.63, 3.8) is 0 Å². The van der Waals surface area contributed by atoms with Crippen LogP contribution in [-0.2, 0) is 0 Å². The van der Waals surface area contributed by atoms with Gasteiger partial charge in [-0.15, -0.1) is 0 Å². The summed E-state index contributed by atoms with van der Waals surface area (Å²) in [6.45, 7) is 4.37. The quantitative estimate of drug-likeness (QED) is 0.816. The maximum atomic E-state index is 6.04. The van der Waals surface area contributed by atoms with E-state index in [2.05, 4.69) is 56.3 Å². The van der Waals surface area contributed by atoms with Gasteiger partial charge in [0, 0.05) is 30.6 Å². The molecule has 0 bridgehead atoms. The predicted octanol–water partition coefficient (Wildman–Crippen LogP) is 3.67. The Hall–Kier alpha value is -0.670. The number of thioether (sulfide) groups is 1. The van der Waals surface area contributed by atoms with Crippen molar-refractivity contribution in [2.75, 3.05) is 24.0 Å². The summed E-state index contributed by atoms with van der Waals surface area (Å²) in [5, 5.41) is 0. The third-order valence-corrected chi connectivity index (χ3v) is 4.26. The van der Waals surface area contributed by atoms with Gasteiger partial charge in [0.15, 0.2) is 0 Å². The molecule has 0 aromatic heterocycles. The fourth-order valence-electron chi connectivity index (χ4n) is 2.10. The molecular weight excluding hydrogens is 240 g/mol. The number of hydrogen-bond donors (Lipinski definition) is 1. The van der Waals surface area contributed by atoms with Crippen molar-refractivity contribution in [2.24, 2.45) is 5.73 Å². The highest BCUT2D eigenvalue weighted by Gasteiger charge is 2.13. The Morgan fingerprint density at radius 3 is 2.22 bits per heavy atom. The minimum atomic E-state index is 0.164. The van der Waals surface area contributed by atoms with Crippen molar-refractivity contribution >= 4 is 17.4 Å². The maximum absolute atomic E-state index is 6.04. The van der Waals surface area contributed by atoms with Gasteiger partial charge in [-0.25, -0.2) is 0 Å². The maximum Gasteiger partial charge on any atom is 0.0374 e. The van der Waals surface area contributed by atoms with E-state index in [-0.39, 0.29) is 6.04 Å². The van der Waals surface area contributed by atoms with Crippen molar-refractivity contribution < 1.29 is 0 Å². The molecule has 0 aliphatic heterocycles. The van der Waals surface area contributed by atoms with E-state index in [0.717, 1.165) is 6.42 Å². The van der Waals surface area contributed by atoms with E-state index in [1.165, 1.54) is 23.4 Å². The van der Waals surface area contributed by atoms with Crippen LogP contribution in [0, 0.1) is 0 Å². The third kappa shape index (κ3) is 3.92. The lowest BCUT2D eigenvalue weighted by Gasteiger charge is -2.29. The van der Waals surface area contributed by atoms with Crippen molar-refractivity contribution in [1.29, 1.82) is 0 Å². The molecule has 1 unspecified atom stereocenters. The number of rotatable bonds is 7. The Balaban J connectivity index is 2.77. The Bertz CT molecular complexity index is 337. The topological polar surface area (TPSA) is 29.3 Å². The largest absolute Gasteiger partial charge is 0.371 e. The zero-order valence-corrected chi connectivity index (χ0v) is 12.8. The molecule has 0 amide bonds. The van der Waals surface area contributed by atoms with Gasteiger partial charge in [0.2, 0.25) is 0 Å². The average Bonchev–Trinajstić information content (AvgIpc) is 2.43. The standard InChI is InChI=1S/C15H26N2S/c1-5-13(11-18-4)17(3)14-9-7-12(8-10-14)15(16)6-2/h7-10,13,15H,5-6,11,16H2,1-4H3/t13?,15-/m1/s1. The molecule has 0 aliphatic carbocycles. The number of nitrogens with two attached hydrogens (primary N) is 1. The average molecular weight is 266 g/mol. The molecule has 0 spiro atoms. The smallest absolute Gasteiger partial charge is 0.0374 e. The SMILES string of the molecule is CCC(CSC)N(C)c1ccc([C@H](N)CC)cc1. The van der Waals surface area contributed by atoms with Gasteiger partial charge in [0.05, 0.1) is 0 Å². The Kier molecular flexibility index (Phi) is 6.58. The van der Waals surface area contributed by atoms with E-state index in [9.17, 15) is 0 Å². The van der Waals surface area contributed by atoms with Gasteiger partial charge in [-0.05, 0) is 36.8 Å². The molecule has 0 saturated carbocycles. The van der Waals surface area contributed by atoms with E-state index >= 15 is 0 Å². The first-order valence-corrected chi connectivity index (χ1v) is 8.10. The van der Waals surface area contributed by atoms with Gasteiger partial charge in [-0.1, -0.05) is 26.0 Å². The second-order valence-electron chi connectivity index (χ2n) is 4.73. The molecule has 3 heteroatoms. The summed E-state index contributed by atoms with van der Waals surface area (Å²) in [6, 6.07) is 9.46. The van der Waals surface area contributed by atoms with Gasteiger partial charge >= 0.3 is 0 Å². The van der Waals surface area contributed by atoms with Crippen LogP contribution in [0.3, 0.4) is 0 Å². The van der Waals surface area contributed by atoms with Crippen LogP contribution in [0.1, 0.15) is 38.3 Å². The molecule has 1 aromatic carbocycles. The lowest BCUT2D eigenvalue weighted by Crippen LogP contribution is -2.33. The lowest BCUT2D eigenvalue weighted by atomic mass is 10.0. The molecule has 2 nitrogen and oxygen atoms in total. The van der Waals surface area contributed by atoms with Gasteiger partial charge in [0.25, 0.3) is 0 Å². The summed E-state index contributed by atoms with van der Waals surface area (Å²) in [7, 11) is 2.18. The highest BCUT2D eigenvalue weighted by atomic mass is 32.2. The minimum absolute atomic E-state index is 0.164. The molecule has 0 aliphatic rings. The molecular formula is C15H26N2S. The van der Waals surface area contributed by atoms with Crippen molar-refractivity contribution in [1.82, 2.24) is 0 Å². The fourth-order valence-corrected chi connectivity index (χ4v) is 2.94. The molecule has 2 N–H and O–H groups in total. The first-order chi connectivity index (χ1) is 8.63. The third-order valence-electron chi connectivity index (χ3n) is 3.55. The molecule has 1 rings (SSSR count). The normalized spacial score (nSPS) is 14.3. The highest BCUT2D eigenvalue weighted by Crippen LogP contribution is 2.22. The summed E-state index contributed by atoms with van der Waals surface area (Å²) in [5.74, 6) is 1.17. The number of nitrogens with zero attached hydrogens (tertiary/aromatic N) is 1.